The minimum absolute atomic E-state index is 0.0604. The molecule has 0 aromatic heterocycles. The fourth-order valence-electron chi connectivity index (χ4n) is 2.03. The van der Waals surface area contributed by atoms with Crippen LogP contribution in [0.5, 0.6) is 11.5 Å². The van der Waals surface area contributed by atoms with Crippen molar-refractivity contribution in [2.45, 2.75) is 13.5 Å². The quantitative estimate of drug-likeness (QED) is 0.558. The second kappa shape index (κ2) is 9.36. The van der Waals surface area contributed by atoms with E-state index in [4.69, 9.17) is 4.74 Å². The highest BCUT2D eigenvalue weighted by Crippen LogP contribution is 2.28. The van der Waals surface area contributed by atoms with Crippen LogP contribution in [0.4, 0.5) is 14.5 Å². The lowest BCUT2D eigenvalue weighted by atomic mass is 10.2. The lowest BCUT2D eigenvalue weighted by Crippen LogP contribution is -2.25. The largest absolute Gasteiger partial charge is 0.493 e. The Morgan fingerprint density at radius 3 is 2.58 bits per heavy atom. The van der Waals surface area contributed by atoms with Crippen LogP contribution in [0.1, 0.15) is 11.1 Å². The van der Waals surface area contributed by atoms with Crippen LogP contribution < -0.4 is 20.2 Å². The molecule has 138 valence electrons. The first-order chi connectivity index (χ1) is 12.5. The molecule has 2 aromatic rings. The molecule has 0 atom stereocenters. The van der Waals surface area contributed by atoms with Crippen LogP contribution in [-0.4, -0.2) is 32.4 Å². The Bertz CT molecular complexity index is 765. The molecule has 2 aromatic carbocycles. The molecule has 2 rings (SSSR count). The van der Waals surface area contributed by atoms with E-state index in [-0.39, 0.29) is 24.0 Å². The zero-order chi connectivity index (χ0) is 18.9. The summed E-state index contributed by atoms with van der Waals surface area (Å²) in [5.74, 6) is -0.265. The second-order valence-corrected chi connectivity index (χ2v) is 5.30. The van der Waals surface area contributed by atoms with Gasteiger partial charge in [-0.1, -0.05) is 17.7 Å². The number of amides is 1. The van der Waals surface area contributed by atoms with Crippen molar-refractivity contribution >= 4 is 17.8 Å². The van der Waals surface area contributed by atoms with Gasteiger partial charge in [-0.15, -0.1) is 0 Å². The van der Waals surface area contributed by atoms with Gasteiger partial charge in [-0.05, 0) is 42.8 Å². The number of halogens is 2. The van der Waals surface area contributed by atoms with Crippen LogP contribution in [0, 0.1) is 6.92 Å². The van der Waals surface area contributed by atoms with Gasteiger partial charge >= 0.3 is 6.61 Å². The first-order valence-corrected chi connectivity index (χ1v) is 7.73. The van der Waals surface area contributed by atoms with Gasteiger partial charge in [-0.25, -0.2) is 5.43 Å². The molecule has 0 radical (unpaired) electrons. The van der Waals surface area contributed by atoms with Crippen LogP contribution in [0.3, 0.4) is 0 Å². The number of benzene rings is 2. The summed E-state index contributed by atoms with van der Waals surface area (Å²) in [5, 5.41) is 6.80. The standard InChI is InChI=1S/C18H19F2N3O3/c1-12-3-6-14(7-4-12)21-11-17(24)23-22-10-13-5-8-15(26-18(19)20)16(9-13)25-2/h3-10,18,21H,11H2,1-2H3,(H,23,24)/b22-10+. The van der Waals surface area contributed by atoms with Crippen LogP contribution in [0.25, 0.3) is 0 Å². The number of anilines is 1. The van der Waals surface area contributed by atoms with Crippen molar-refractivity contribution in [2.75, 3.05) is 19.0 Å². The molecule has 6 nitrogen and oxygen atoms in total. The van der Waals surface area contributed by atoms with Gasteiger partial charge in [-0.3, -0.25) is 4.79 Å². The fourth-order valence-corrected chi connectivity index (χ4v) is 2.03. The maximum Gasteiger partial charge on any atom is 0.387 e. The third-order valence-corrected chi connectivity index (χ3v) is 3.31. The Kier molecular flexibility index (Phi) is 6.90. The Hall–Kier alpha value is -3.16. The van der Waals surface area contributed by atoms with Gasteiger partial charge in [0.05, 0.1) is 19.9 Å². The van der Waals surface area contributed by atoms with Crippen molar-refractivity contribution in [3.63, 3.8) is 0 Å². The van der Waals surface area contributed by atoms with Crippen LogP contribution in [-0.2, 0) is 4.79 Å². The summed E-state index contributed by atoms with van der Waals surface area (Å²) in [6, 6.07) is 12.0. The molecule has 0 spiro atoms. The van der Waals surface area contributed by atoms with Gasteiger partial charge in [0.2, 0.25) is 0 Å². The Morgan fingerprint density at radius 1 is 1.19 bits per heavy atom. The molecule has 0 aliphatic carbocycles. The first kappa shape index (κ1) is 19.2. The summed E-state index contributed by atoms with van der Waals surface area (Å²) < 4.78 is 33.9. The number of aryl methyl sites for hydroxylation is 1. The van der Waals surface area contributed by atoms with E-state index in [2.05, 4.69) is 20.6 Å². The summed E-state index contributed by atoms with van der Waals surface area (Å²) in [6.07, 6.45) is 1.37. The van der Waals surface area contributed by atoms with E-state index in [0.29, 0.717) is 5.56 Å². The number of nitrogens with zero attached hydrogens (tertiary/aromatic N) is 1. The summed E-state index contributed by atoms with van der Waals surface area (Å²) in [6.45, 7) is -0.902. The number of hydrogen-bond acceptors (Lipinski definition) is 5. The van der Waals surface area contributed by atoms with E-state index in [1.54, 1.807) is 0 Å². The van der Waals surface area contributed by atoms with Gasteiger partial charge in [-0.2, -0.15) is 13.9 Å². The molecule has 1 amide bonds. The van der Waals surface area contributed by atoms with E-state index >= 15 is 0 Å². The third kappa shape index (κ3) is 6.04. The highest BCUT2D eigenvalue weighted by molar-refractivity contribution is 5.84. The van der Waals surface area contributed by atoms with Crippen molar-refractivity contribution in [3.8, 4) is 11.5 Å². The lowest BCUT2D eigenvalue weighted by molar-refractivity contribution is -0.119. The van der Waals surface area contributed by atoms with Crippen molar-refractivity contribution in [2.24, 2.45) is 5.10 Å². The Morgan fingerprint density at radius 2 is 1.92 bits per heavy atom. The number of carbonyl (C=O) groups excluding carboxylic acids is 1. The average molecular weight is 363 g/mol. The van der Waals surface area contributed by atoms with Gasteiger partial charge in [0.15, 0.2) is 11.5 Å². The summed E-state index contributed by atoms with van der Waals surface area (Å²) in [4.78, 5) is 11.8. The predicted octanol–water partition coefficient (Wildman–Crippen LogP) is 3.17. The van der Waals surface area contributed by atoms with Gasteiger partial charge in [0.1, 0.15) is 0 Å². The van der Waals surface area contributed by atoms with E-state index in [9.17, 15) is 13.6 Å². The number of hydrazone groups is 1. The average Bonchev–Trinajstić information content (AvgIpc) is 2.62. The van der Waals surface area contributed by atoms with Crippen molar-refractivity contribution in [3.05, 3.63) is 53.6 Å². The molecule has 0 bridgehead atoms. The predicted molar refractivity (Wildman–Crippen MR) is 95.0 cm³/mol. The molecule has 0 aliphatic heterocycles. The minimum Gasteiger partial charge on any atom is -0.493 e. The molecule has 0 saturated carbocycles. The summed E-state index contributed by atoms with van der Waals surface area (Å²) >= 11 is 0. The highest BCUT2D eigenvalue weighted by atomic mass is 19.3. The van der Waals surface area contributed by atoms with E-state index in [1.807, 2.05) is 31.2 Å². The monoisotopic (exact) mass is 363 g/mol. The number of alkyl halides is 2. The fraction of sp³-hybridized carbons (Fsp3) is 0.222. The number of rotatable bonds is 8. The minimum atomic E-state index is -2.94. The highest BCUT2D eigenvalue weighted by Gasteiger charge is 2.10. The molecule has 0 heterocycles. The van der Waals surface area contributed by atoms with Crippen molar-refractivity contribution in [1.82, 2.24) is 5.43 Å². The van der Waals surface area contributed by atoms with Crippen LogP contribution >= 0.6 is 0 Å². The first-order valence-electron chi connectivity index (χ1n) is 7.73. The van der Waals surface area contributed by atoms with Crippen molar-refractivity contribution < 1.29 is 23.0 Å². The maximum absolute atomic E-state index is 12.3. The molecular formula is C18H19F2N3O3. The SMILES string of the molecule is COc1cc(/C=N/NC(=O)CNc2ccc(C)cc2)ccc1OC(F)F. The number of nitrogens with one attached hydrogen (secondary N) is 2. The zero-order valence-corrected chi connectivity index (χ0v) is 14.3. The van der Waals surface area contributed by atoms with E-state index in [0.717, 1.165) is 11.3 Å². The number of ether oxygens (including phenoxy) is 2. The second-order valence-electron chi connectivity index (χ2n) is 5.30. The van der Waals surface area contributed by atoms with Crippen LogP contribution in [0.2, 0.25) is 0 Å². The number of hydrogen-bond donors (Lipinski definition) is 2. The third-order valence-electron chi connectivity index (χ3n) is 3.31. The zero-order valence-electron chi connectivity index (χ0n) is 14.3. The van der Waals surface area contributed by atoms with Gasteiger partial charge in [0, 0.05) is 5.69 Å². The number of methoxy groups -OCH3 is 1. The van der Waals surface area contributed by atoms with E-state index in [1.165, 1.54) is 31.5 Å². The molecule has 8 heteroatoms. The van der Waals surface area contributed by atoms with Crippen molar-refractivity contribution in [1.29, 1.82) is 0 Å². The molecule has 0 unspecified atom stereocenters. The number of carbonyl (C=O) groups is 1. The van der Waals surface area contributed by atoms with E-state index < -0.39 is 6.61 Å². The molecule has 2 N–H and O–H groups in total. The molecule has 0 saturated heterocycles. The van der Waals surface area contributed by atoms with Gasteiger partial charge in [0.25, 0.3) is 5.91 Å². The van der Waals surface area contributed by atoms with Crippen LogP contribution in [0.15, 0.2) is 47.6 Å². The smallest absolute Gasteiger partial charge is 0.387 e. The normalized spacial score (nSPS) is 10.8. The molecule has 26 heavy (non-hydrogen) atoms. The lowest BCUT2D eigenvalue weighted by Gasteiger charge is -2.10. The van der Waals surface area contributed by atoms with Gasteiger partial charge < -0.3 is 14.8 Å². The summed E-state index contributed by atoms with van der Waals surface area (Å²) in [5.41, 5.74) is 4.88. The Labute approximate surface area is 149 Å². The molecular weight excluding hydrogens is 344 g/mol. The Balaban J connectivity index is 1.86. The maximum atomic E-state index is 12.3. The molecule has 0 aliphatic rings. The topological polar surface area (TPSA) is 72.0 Å². The summed E-state index contributed by atoms with van der Waals surface area (Å²) in [7, 11) is 1.34. The molecule has 0 fully saturated rings.